The van der Waals surface area contributed by atoms with Crippen LogP contribution in [0.2, 0.25) is 0 Å². The molecule has 1 aliphatic heterocycles. The molecule has 1 atom stereocenters. The minimum absolute atomic E-state index is 0.346. The van der Waals surface area contributed by atoms with Crippen LogP contribution in [0, 0.1) is 0 Å². The molecular formula is C14H21NO2. The lowest BCUT2D eigenvalue weighted by atomic mass is 10.1. The summed E-state index contributed by atoms with van der Waals surface area (Å²) in [7, 11) is 0. The van der Waals surface area contributed by atoms with Crippen LogP contribution in [0.3, 0.4) is 0 Å². The first-order chi connectivity index (χ1) is 8.29. The van der Waals surface area contributed by atoms with Gasteiger partial charge in [-0.2, -0.15) is 0 Å². The summed E-state index contributed by atoms with van der Waals surface area (Å²) in [4.78, 5) is 0. The fourth-order valence-corrected chi connectivity index (χ4v) is 1.96. The van der Waals surface area contributed by atoms with E-state index in [0.29, 0.717) is 12.8 Å². The van der Waals surface area contributed by atoms with Crippen molar-refractivity contribution in [2.75, 3.05) is 6.79 Å². The monoisotopic (exact) mass is 235 g/mol. The Labute approximate surface area is 103 Å². The van der Waals surface area contributed by atoms with Gasteiger partial charge in [-0.3, -0.25) is 0 Å². The third kappa shape index (κ3) is 3.37. The zero-order valence-electron chi connectivity index (χ0n) is 10.7. The van der Waals surface area contributed by atoms with Crippen molar-refractivity contribution in [3.8, 4) is 11.5 Å². The average Bonchev–Trinajstić information content (AvgIpc) is 2.81. The van der Waals surface area contributed by atoms with Crippen LogP contribution in [0.1, 0.15) is 38.7 Å². The average molecular weight is 235 g/mol. The van der Waals surface area contributed by atoms with Gasteiger partial charge in [0.25, 0.3) is 0 Å². The Morgan fingerprint density at radius 3 is 2.94 bits per heavy atom. The molecule has 0 fully saturated rings. The van der Waals surface area contributed by atoms with Crippen LogP contribution >= 0.6 is 0 Å². The number of hydrogen-bond acceptors (Lipinski definition) is 3. The third-order valence-corrected chi connectivity index (χ3v) is 3.08. The molecule has 0 saturated carbocycles. The highest BCUT2D eigenvalue weighted by atomic mass is 16.7. The zero-order valence-corrected chi connectivity index (χ0v) is 10.7. The molecule has 0 aromatic heterocycles. The standard InChI is InChI=1S/C14H21NO2/c1-3-4-5-11(2)15-9-12-6-7-13-14(8-12)17-10-16-13/h6-8,11,15H,3-5,9-10H2,1-2H3. The van der Waals surface area contributed by atoms with E-state index in [4.69, 9.17) is 9.47 Å². The molecule has 0 amide bonds. The Morgan fingerprint density at radius 1 is 1.29 bits per heavy atom. The van der Waals surface area contributed by atoms with Crippen LogP contribution in [-0.2, 0) is 6.54 Å². The predicted octanol–water partition coefficient (Wildman–Crippen LogP) is 3.08. The van der Waals surface area contributed by atoms with Crippen molar-refractivity contribution in [1.82, 2.24) is 5.32 Å². The molecular weight excluding hydrogens is 214 g/mol. The van der Waals surface area contributed by atoms with Gasteiger partial charge in [0.05, 0.1) is 0 Å². The minimum Gasteiger partial charge on any atom is -0.454 e. The molecule has 0 aliphatic carbocycles. The largest absolute Gasteiger partial charge is 0.454 e. The van der Waals surface area contributed by atoms with E-state index in [2.05, 4.69) is 31.3 Å². The lowest BCUT2D eigenvalue weighted by Crippen LogP contribution is -2.25. The first kappa shape index (κ1) is 12.2. The van der Waals surface area contributed by atoms with Gasteiger partial charge in [-0.25, -0.2) is 0 Å². The predicted molar refractivity (Wildman–Crippen MR) is 68.4 cm³/mol. The first-order valence-corrected chi connectivity index (χ1v) is 6.41. The molecule has 3 heteroatoms. The van der Waals surface area contributed by atoms with Crippen LogP contribution in [0.5, 0.6) is 11.5 Å². The van der Waals surface area contributed by atoms with Gasteiger partial charge in [-0.15, -0.1) is 0 Å². The van der Waals surface area contributed by atoms with Gasteiger partial charge >= 0.3 is 0 Å². The minimum atomic E-state index is 0.346. The summed E-state index contributed by atoms with van der Waals surface area (Å²) in [5, 5.41) is 3.53. The zero-order chi connectivity index (χ0) is 12.1. The summed E-state index contributed by atoms with van der Waals surface area (Å²) in [5.41, 5.74) is 1.25. The van der Waals surface area contributed by atoms with Crippen LogP contribution < -0.4 is 14.8 Å². The van der Waals surface area contributed by atoms with E-state index in [1.54, 1.807) is 0 Å². The first-order valence-electron chi connectivity index (χ1n) is 6.41. The van der Waals surface area contributed by atoms with Crippen LogP contribution in [-0.4, -0.2) is 12.8 Å². The summed E-state index contributed by atoms with van der Waals surface area (Å²) < 4.78 is 10.7. The van der Waals surface area contributed by atoms with Gasteiger partial charge in [0.1, 0.15) is 0 Å². The number of unbranched alkanes of at least 4 members (excludes halogenated alkanes) is 1. The molecule has 0 spiro atoms. The van der Waals surface area contributed by atoms with Crippen molar-refractivity contribution in [1.29, 1.82) is 0 Å². The molecule has 3 nitrogen and oxygen atoms in total. The molecule has 1 heterocycles. The Morgan fingerprint density at radius 2 is 2.12 bits per heavy atom. The molecule has 1 aromatic rings. The maximum atomic E-state index is 5.36. The van der Waals surface area contributed by atoms with Crippen molar-refractivity contribution in [2.24, 2.45) is 0 Å². The second kappa shape index (κ2) is 5.92. The summed E-state index contributed by atoms with van der Waals surface area (Å²) in [6, 6.07) is 6.70. The van der Waals surface area contributed by atoms with Gasteiger partial charge in [0.15, 0.2) is 11.5 Å². The molecule has 0 saturated heterocycles. The number of fused-ring (bicyclic) bond motifs is 1. The number of nitrogens with one attached hydrogen (secondary N) is 1. The van der Waals surface area contributed by atoms with E-state index in [1.165, 1.54) is 24.8 Å². The van der Waals surface area contributed by atoms with Gasteiger partial charge in [-0.05, 0) is 31.0 Å². The molecule has 1 aromatic carbocycles. The number of rotatable bonds is 6. The molecule has 1 unspecified atom stereocenters. The summed E-state index contributed by atoms with van der Waals surface area (Å²) in [5.74, 6) is 1.72. The fraction of sp³-hybridized carbons (Fsp3) is 0.571. The Balaban J connectivity index is 1.83. The maximum Gasteiger partial charge on any atom is 0.231 e. The van der Waals surface area contributed by atoms with Crippen molar-refractivity contribution in [2.45, 2.75) is 45.7 Å². The number of benzene rings is 1. The smallest absolute Gasteiger partial charge is 0.231 e. The summed E-state index contributed by atoms with van der Waals surface area (Å²) >= 11 is 0. The topological polar surface area (TPSA) is 30.5 Å². The van der Waals surface area contributed by atoms with Crippen LogP contribution in [0.15, 0.2) is 18.2 Å². The van der Waals surface area contributed by atoms with Crippen molar-refractivity contribution >= 4 is 0 Å². The molecule has 94 valence electrons. The van der Waals surface area contributed by atoms with E-state index in [1.807, 2.05) is 6.07 Å². The van der Waals surface area contributed by atoms with E-state index < -0.39 is 0 Å². The molecule has 2 rings (SSSR count). The lowest BCUT2D eigenvalue weighted by Gasteiger charge is -2.13. The van der Waals surface area contributed by atoms with E-state index in [9.17, 15) is 0 Å². The summed E-state index contributed by atoms with van der Waals surface area (Å²) in [6.07, 6.45) is 3.78. The highest BCUT2D eigenvalue weighted by Crippen LogP contribution is 2.32. The van der Waals surface area contributed by atoms with Crippen molar-refractivity contribution in [3.63, 3.8) is 0 Å². The lowest BCUT2D eigenvalue weighted by molar-refractivity contribution is 0.174. The Hall–Kier alpha value is -1.22. The SMILES string of the molecule is CCCCC(C)NCc1ccc2c(c1)OCO2. The van der Waals surface area contributed by atoms with Gasteiger partial charge in [-0.1, -0.05) is 25.8 Å². The molecule has 1 N–H and O–H groups in total. The second-order valence-corrected chi connectivity index (χ2v) is 4.61. The summed E-state index contributed by atoms with van der Waals surface area (Å²) in [6.45, 7) is 5.70. The number of hydrogen-bond donors (Lipinski definition) is 1. The van der Waals surface area contributed by atoms with E-state index in [-0.39, 0.29) is 0 Å². The highest BCUT2D eigenvalue weighted by Gasteiger charge is 2.13. The molecule has 0 bridgehead atoms. The molecule has 1 aliphatic rings. The molecule has 0 radical (unpaired) electrons. The van der Waals surface area contributed by atoms with E-state index >= 15 is 0 Å². The van der Waals surface area contributed by atoms with Gasteiger partial charge in [0.2, 0.25) is 6.79 Å². The quantitative estimate of drug-likeness (QED) is 0.822. The van der Waals surface area contributed by atoms with Crippen molar-refractivity contribution < 1.29 is 9.47 Å². The van der Waals surface area contributed by atoms with Gasteiger partial charge < -0.3 is 14.8 Å². The number of ether oxygens (including phenoxy) is 2. The van der Waals surface area contributed by atoms with Crippen molar-refractivity contribution in [3.05, 3.63) is 23.8 Å². The third-order valence-electron chi connectivity index (χ3n) is 3.08. The second-order valence-electron chi connectivity index (χ2n) is 4.61. The van der Waals surface area contributed by atoms with E-state index in [0.717, 1.165) is 18.0 Å². The van der Waals surface area contributed by atoms with Crippen LogP contribution in [0.4, 0.5) is 0 Å². The normalized spacial score (nSPS) is 14.9. The highest BCUT2D eigenvalue weighted by molar-refractivity contribution is 5.44. The van der Waals surface area contributed by atoms with Gasteiger partial charge in [0, 0.05) is 12.6 Å². The van der Waals surface area contributed by atoms with Crippen LogP contribution in [0.25, 0.3) is 0 Å². The Bertz CT molecular complexity index is 365. The Kier molecular flexibility index (Phi) is 4.26. The fourth-order valence-electron chi connectivity index (χ4n) is 1.96. The molecule has 17 heavy (non-hydrogen) atoms. The maximum absolute atomic E-state index is 5.36.